The fraction of sp³-hybridized carbons (Fsp3) is 0.250. The number of amides is 1. The first-order valence-electron chi connectivity index (χ1n) is 10.4. The summed E-state index contributed by atoms with van der Waals surface area (Å²) in [4.78, 5) is 19.6. The average Bonchev–Trinajstić information content (AvgIpc) is 2.79. The van der Waals surface area contributed by atoms with E-state index in [4.69, 9.17) is 27.2 Å². The van der Waals surface area contributed by atoms with Crippen LogP contribution in [-0.2, 0) is 10.9 Å². The Morgan fingerprint density at radius 1 is 1.23 bits per heavy atom. The lowest BCUT2D eigenvalue weighted by atomic mass is 10.1. The third-order valence-electron chi connectivity index (χ3n) is 4.71. The molecule has 0 aliphatic rings. The second-order valence-electron chi connectivity index (χ2n) is 7.35. The van der Waals surface area contributed by atoms with Gasteiger partial charge in [0.25, 0.3) is 0 Å². The highest BCUT2D eigenvalue weighted by molar-refractivity contribution is 6.30. The van der Waals surface area contributed by atoms with Gasteiger partial charge in [0.1, 0.15) is 12.4 Å². The molecule has 0 aliphatic carbocycles. The van der Waals surface area contributed by atoms with E-state index in [1.54, 1.807) is 36.2 Å². The molecule has 0 heterocycles. The van der Waals surface area contributed by atoms with Crippen LogP contribution in [0.1, 0.15) is 11.1 Å². The van der Waals surface area contributed by atoms with Gasteiger partial charge in [-0.1, -0.05) is 30.3 Å². The number of alkyl halides is 3. The zero-order valence-electron chi connectivity index (χ0n) is 19.0. The van der Waals surface area contributed by atoms with Crippen LogP contribution in [0, 0.1) is 0 Å². The SMILES string of the molecule is C=C(N=C/C=C(\N)c1cccc(Cl)c1)N(C(=O)OCCN(C)CCO)c1ccc(C(F)(F)F)cc1. The van der Waals surface area contributed by atoms with E-state index in [9.17, 15) is 18.0 Å². The van der Waals surface area contributed by atoms with E-state index in [-0.39, 0.29) is 24.7 Å². The maximum Gasteiger partial charge on any atom is 0.420 e. The van der Waals surface area contributed by atoms with Gasteiger partial charge in [0.05, 0.1) is 17.9 Å². The van der Waals surface area contributed by atoms with Crippen molar-refractivity contribution in [2.45, 2.75) is 6.18 Å². The Kier molecular flexibility index (Phi) is 10.3. The highest BCUT2D eigenvalue weighted by atomic mass is 35.5. The van der Waals surface area contributed by atoms with Gasteiger partial charge < -0.3 is 20.5 Å². The van der Waals surface area contributed by atoms with E-state index >= 15 is 0 Å². The summed E-state index contributed by atoms with van der Waals surface area (Å²) in [5.74, 6) is -0.103. The Morgan fingerprint density at radius 2 is 1.91 bits per heavy atom. The molecule has 35 heavy (non-hydrogen) atoms. The fourth-order valence-electron chi connectivity index (χ4n) is 2.82. The van der Waals surface area contributed by atoms with Gasteiger partial charge in [0, 0.05) is 30.0 Å². The molecule has 3 N–H and O–H groups in total. The van der Waals surface area contributed by atoms with Crippen molar-refractivity contribution in [3.05, 3.63) is 83.2 Å². The van der Waals surface area contributed by atoms with Crippen molar-refractivity contribution in [3.63, 3.8) is 0 Å². The monoisotopic (exact) mass is 510 g/mol. The number of nitrogens with two attached hydrogens (primary N) is 1. The largest absolute Gasteiger partial charge is 0.448 e. The number of carbonyl (C=O) groups excluding carboxylic acids is 1. The van der Waals surface area contributed by atoms with Crippen LogP contribution in [0.15, 0.2) is 72.0 Å². The molecule has 0 bridgehead atoms. The Balaban J connectivity index is 2.23. The maximum atomic E-state index is 13.0. The molecule has 0 aliphatic heterocycles. The van der Waals surface area contributed by atoms with Crippen molar-refractivity contribution < 1.29 is 27.8 Å². The molecule has 0 atom stereocenters. The van der Waals surface area contributed by atoms with E-state index < -0.39 is 17.8 Å². The van der Waals surface area contributed by atoms with E-state index in [2.05, 4.69) is 11.6 Å². The lowest BCUT2D eigenvalue weighted by Gasteiger charge is -2.23. The molecule has 0 spiro atoms. The molecule has 0 saturated heterocycles. The summed E-state index contributed by atoms with van der Waals surface area (Å²) in [6.07, 6.45) is -2.63. The summed E-state index contributed by atoms with van der Waals surface area (Å²) in [5, 5.41) is 9.46. The van der Waals surface area contributed by atoms with E-state index in [0.29, 0.717) is 29.4 Å². The molecule has 1 amide bonds. The van der Waals surface area contributed by atoms with Crippen molar-refractivity contribution in [1.82, 2.24) is 4.90 Å². The second-order valence-corrected chi connectivity index (χ2v) is 7.78. The highest BCUT2D eigenvalue weighted by Gasteiger charge is 2.31. The molecule has 0 unspecified atom stereocenters. The van der Waals surface area contributed by atoms with E-state index in [1.807, 2.05) is 0 Å². The molecular weight excluding hydrogens is 485 g/mol. The van der Waals surface area contributed by atoms with Crippen LogP contribution in [0.4, 0.5) is 23.7 Å². The number of nitrogens with zero attached hydrogens (tertiary/aromatic N) is 3. The number of hydrogen-bond donors (Lipinski definition) is 2. The zero-order valence-corrected chi connectivity index (χ0v) is 19.8. The minimum atomic E-state index is -4.53. The molecule has 2 aromatic rings. The van der Waals surface area contributed by atoms with Crippen molar-refractivity contribution >= 4 is 35.3 Å². The summed E-state index contributed by atoms with van der Waals surface area (Å²) < 4.78 is 44.1. The minimum Gasteiger partial charge on any atom is -0.448 e. The molecule has 2 rings (SSSR count). The lowest BCUT2D eigenvalue weighted by Crippen LogP contribution is -2.33. The molecule has 0 fully saturated rings. The summed E-state index contributed by atoms with van der Waals surface area (Å²) in [7, 11) is 1.73. The summed E-state index contributed by atoms with van der Waals surface area (Å²) in [5.41, 5.74) is 6.24. The number of aliphatic imine (C=N–C) groups is 1. The predicted molar refractivity (Wildman–Crippen MR) is 131 cm³/mol. The Labute approximate surface area is 206 Å². The Morgan fingerprint density at radius 3 is 2.51 bits per heavy atom. The van der Waals surface area contributed by atoms with Gasteiger partial charge in [0.15, 0.2) is 0 Å². The normalized spacial score (nSPS) is 12.3. The van der Waals surface area contributed by atoms with Crippen molar-refractivity contribution in [2.75, 3.05) is 38.3 Å². The number of halogens is 4. The summed E-state index contributed by atoms with van der Waals surface area (Å²) in [6.45, 7) is 4.39. The molecule has 2 aromatic carbocycles. The average molecular weight is 511 g/mol. The molecular formula is C24H26ClF3N4O3. The molecule has 7 nitrogen and oxygen atoms in total. The number of aliphatic hydroxyl groups is 1. The number of rotatable bonds is 10. The molecule has 0 saturated carbocycles. The number of anilines is 1. The van der Waals surface area contributed by atoms with Gasteiger partial charge in [-0.2, -0.15) is 13.2 Å². The quantitative estimate of drug-likeness (QED) is 0.449. The molecule has 0 aromatic heterocycles. The van der Waals surface area contributed by atoms with Crippen LogP contribution in [0.5, 0.6) is 0 Å². The van der Waals surface area contributed by atoms with E-state index in [0.717, 1.165) is 29.2 Å². The molecule has 0 radical (unpaired) electrons. The van der Waals surface area contributed by atoms with Crippen molar-refractivity contribution in [2.24, 2.45) is 10.7 Å². The number of ether oxygens (including phenoxy) is 1. The third kappa shape index (κ3) is 8.75. The van der Waals surface area contributed by atoms with Crippen LogP contribution in [0.25, 0.3) is 5.70 Å². The number of aliphatic hydroxyl groups excluding tert-OH is 1. The van der Waals surface area contributed by atoms with Crippen LogP contribution >= 0.6 is 11.6 Å². The first-order chi connectivity index (χ1) is 16.5. The fourth-order valence-corrected chi connectivity index (χ4v) is 3.01. The number of allylic oxidation sites excluding steroid dienone is 1. The lowest BCUT2D eigenvalue weighted by molar-refractivity contribution is -0.137. The smallest absolute Gasteiger partial charge is 0.420 e. The first kappa shape index (κ1) is 27.9. The predicted octanol–water partition coefficient (Wildman–Crippen LogP) is 4.77. The third-order valence-corrected chi connectivity index (χ3v) is 4.94. The van der Waals surface area contributed by atoms with Gasteiger partial charge in [-0.05, 0) is 55.1 Å². The zero-order chi connectivity index (χ0) is 26.0. The topological polar surface area (TPSA) is 91.4 Å². The number of benzene rings is 2. The van der Waals surface area contributed by atoms with Gasteiger partial charge in [-0.25, -0.2) is 14.7 Å². The molecule has 11 heteroatoms. The first-order valence-corrected chi connectivity index (χ1v) is 10.8. The van der Waals surface area contributed by atoms with Crippen LogP contribution < -0.4 is 10.6 Å². The second kappa shape index (κ2) is 12.9. The van der Waals surface area contributed by atoms with Gasteiger partial charge in [-0.15, -0.1) is 0 Å². The number of carbonyl (C=O) groups is 1. The van der Waals surface area contributed by atoms with Crippen LogP contribution in [0.2, 0.25) is 5.02 Å². The van der Waals surface area contributed by atoms with Crippen molar-refractivity contribution in [3.8, 4) is 0 Å². The standard InChI is InChI=1S/C24H26ClF3N4O3/c1-17(30-11-10-22(29)18-4-3-5-20(25)16-18)32(23(34)35-15-13-31(2)12-14-33)21-8-6-19(7-9-21)24(26,27)28/h3-11,16,33H,1,12-15,29H2,2H3/b22-10-,30-11?. The van der Waals surface area contributed by atoms with Crippen LogP contribution in [-0.4, -0.2) is 55.7 Å². The maximum absolute atomic E-state index is 13.0. The Hall–Kier alpha value is -3.34. The number of likely N-dealkylation sites (N-methyl/N-ethyl adjacent to an activating group) is 1. The van der Waals surface area contributed by atoms with Crippen LogP contribution in [0.3, 0.4) is 0 Å². The van der Waals surface area contributed by atoms with E-state index in [1.165, 1.54) is 12.3 Å². The summed E-state index contributed by atoms with van der Waals surface area (Å²) in [6, 6.07) is 10.8. The Bertz CT molecular complexity index is 1070. The number of hydrogen-bond acceptors (Lipinski definition) is 6. The van der Waals surface area contributed by atoms with Gasteiger partial charge in [0.2, 0.25) is 0 Å². The van der Waals surface area contributed by atoms with Gasteiger partial charge in [-0.3, -0.25) is 0 Å². The molecule has 188 valence electrons. The van der Waals surface area contributed by atoms with Crippen molar-refractivity contribution in [1.29, 1.82) is 0 Å². The minimum absolute atomic E-state index is 0.0227. The van der Waals surface area contributed by atoms with Gasteiger partial charge >= 0.3 is 12.3 Å². The summed E-state index contributed by atoms with van der Waals surface area (Å²) >= 11 is 5.96. The highest BCUT2D eigenvalue weighted by Crippen LogP contribution is 2.31.